The Morgan fingerprint density at radius 3 is 2.25 bits per heavy atom. The Morgan fingerprint density at radius 2 is 1.69 bits per heavy atom. The number of nitrogens with one attached hydrogen (secondary N) is 3. The molecule has 1 atom stereocenters. The third-order valence-electron chi connectivity index (χ3n) is 5.23. The summed E-state index contributed by atoms with van der Waals surface area (Å²) in [7, 11) is 0. The molecule has 3 aromatic rings. The third-order valence-corrected chi connectivity index (χ3v) is 6.16. The first kappa shape index (κ1) is 21.8. The van der Waals surface area contributed by atoms with Gasteiger partial charge in [-0.15, -0.1) is 11.3 Å². The number of benzene rings is 2. The Hall–Kier alpha value is -3.42. The molecule has 0 bridgehead atoms. The van der Waals surface area contributed by atoms with Gasteiger partial charge in [0.05, 0.1) is 24.3 Å². The van der Waals surface area contributed by atoms with Crippen LogP contribution in [0.1, 0.15) is 35.0 Å². The smallest absolute Gasteiger partial charge is 0.338 e. The fraction of sp³-hybridized carbons (Fsp3) is 0.200. The average Bonchev–Trinajstić information content (AvgIpc) is 3.35. The molecular formula is C25H25N3O3S. The van der Waals surface area contributed by atoms with E-state index in [-0.39, 0.29) is 25.2 Å². The number of ether oxygens (including phenoxy) is 1. The van der Waals surface area contributed by atoms with Crippen molar-refractivity contribution >= 4 is 23.3 Å². The van der Waals surface area contributed by atoms with Gasteiger partial charge in [0.15, 0.2) is 0 Å². The molecule has 164 valence electrons. The second kappa shape index (κ2) is 10.3. The van der Waals surface area contributed by atoms with Crippen LogP contribution in [-0.2, 0) is 9.53 Å². The zero-order chi connectivity index (χ0) is 22.3. The molecule has 1 aliphatic heterocycles. The van der Waals surface area contributed by atoms with Crippen LogP contribution in [0.2, 0.25) is 0 Å². The highest BCUT2D eigenvalue weighted by molar-refractivity contribution is 7.10. The number of esters is 1. The van der Waals surface area contributed by atoms with Gasteiger partial charge < -0.3 is 20.7 Å². The molecule has 0 saturated heterocycles. The summed E-state index contributed by atoms with van der Waals surface area (Å²) >= 11 is 1.49. The van der Waals surface area contributed by atoms with Crippen LogP contribution in [0.25, 0.3) is 0 Å². The number of rotatable bonds is 8. The summed E-state index contributed by atoms with van der Waals surface area (Å²) in [5.41, 5.74) is 3.11. The van der Waals surface area contributed by atoms with Gasteiger partial charge in [-0.1, -0.05) is 66.7 Å². The first-order chi connectivity index (χ1) is 15.7. The molecule has 0 saturated carbocycles. The van der Waals surface area contributed by atoms with Crippen LogP contribution in [0, 0.1) is 0 Å². The van der Waals surface area contributed by atoms with E-state index in [0.717, 1.165) is 16.0 Å². The molecule has 32 heavy (non-hydrogen) atoms. The minimum atomic E-state index is -0.550. The van der Waals surface area contributed by atoms with Gasteiger partial charge in [-0.25, -0.2) is 9.59 Å². The monoisotopic (exact) mass is 447 g/mol. The Balaban J connectivity index is 1.69. The van der Waals surface area contributed by atoms with Crippen molar-refractivity contribution in [3.8, 4) is 0 Å². The lowest BCUT2D eigenvalue weighted by molar-refractivity contribution is -0.139. The quantitative estimate of drug-likeness (QED) is 0.450. The second-order valence-electron chi connectivity index (χ2n) is 7.29. The third kappa shape index (κ3) is 4.90. The molecule has 6 nitrogen and oxygen atoms in total. The maximum absolute atomic E-state index is 12.9. The van der Waals surface area contributed by atoms with Crippen molar-refractivity contribution < 1.29 is 14.3 Å². The van der Waals surface area contributed by atoms with Crippen molar-refractivity contribution in [1.82, 2.24) is 16.0 Å². The van der Waals surface area contributed by atoms with Crippen molar-refractivity contribution in [3.05, 3.63) is 105 Å². The number of amides is 2. The normalized spacial score (nSPS) is 15.9. The molecule has 0 radical (unpaired) electrons. The minimum Gasteiger partial charge on any atom is -0.463 e. The molecule has 4 rings (SSSR count). The molecule has 1 aliphatic rings. The van der Waals surface area contributed by atoms with E-state index in [4.69, 9.17) is 4.74 Å². The lowest BCUT2D eigenvalue weighted by Crippen LogP contribution is -2.48. The van der Waals surface area contributed by atoms with Crippen LogP contribution in [0.5, 0.6) is 0 Å². The Labute approximate surface area is 191 Å². The minimum absolute atomic E-state index is 0.111. The molecule has 0 aliphatic carbocycles. The van der Waals surface area contributed by atoms with Crippen molar-refractivity contribution in [2.24, 2.45) is 0 Å². The lowest BCUT2D eigenvalue weighted by atomic mass is 9.97. The summed E-state index contributed by atoms with van der Waals surface area (Å²) in [4.78, 5) is 26.2. The molecule has 1 aromatic heterocycles. The summed E-state index contributed by atoms with van der Waals surface area (Å²) in [5.74, 6) is -0.439. The zero-order valence-electron chi connectivity index (χ0n) is 17.7. The van der Waals surface area contributed by atoms with Crippen molar-refractivity contribution in [2.75, 3.05) is 13.2 Å². The highest BCUT2D eigenvalue weighted by Crippen LogP contribution is 2.31. The van der Waals surface area contributed by atoms with E-state index in [1.165, 1.54) is 11.3 Å². The molecule has 2 heterocycles. The predicted molar refractivity (Wildman–Crippen MR) is 125 cm³/mol. The standard InChI is InChI=1S/C25H25N3O3S/c1-2-31-24(29)21-19(27-25(30)28-23(21)20-14-9-15-32-20)16-26-22(17-10-5-3-6-11-17)18-12-7-4-8-13-18/h3-15,22-23,26H,2,16H2,1H3,(H2,27,28,30)/t23-/m0/s1. The molecule has 0 fully saturated rings. The molecule has 7 heteroatoms. The van der Waals surface area contributed by atoms with Crippen LogP contribution >= 0.6 is 11.3 Å². The van der Waals surface area contributed by atoms with E-state index in [2.05, 4.69) is 40.2 Å². The molecule has 2 aromatic carbocycles. The number of carbonyl (C=O) groups excluding carboxylic acids is 2. The molecule has 2 amide bonds. The lowest BCUT2D eigenvalue weighted by Gasteiger charge is -2.30. The van der Waals surface area contributed by atoms with Gasteiger partial charge in [0, 0.05) is 17.1 Å². The maximum Gasteiger partial charge on any atom is 0.338 e. The van der Waals surface area contributed by atoms with E-state index in [9.17, 15) is 9.59 Å². The van der Waals surface area contributed by atoms with Gasteiger partial charge in [-0.3, -0.25) is 0 Å². The Kier molecular flexibility index (Phi) is 6.99. The number of thiophene rings is 1. The van der Waals surface area contributed by atoms with E-state index >= 15 is 0 Å². The first-order valence-electron chi connectivity index (χ1n) is 10.5. The highest BCUT2D eigenvalue weighted by Gasteiger charge is 2.34. The molecule has 0 unspecified atom stereocenters. The average molecular weight is 448 g/mol. The summed E-state index contributed by atoms with van der Waals surface area (Å²) in [6.07, 6.45) is 0. The van der Waals surface area contributed by atoms with E-state index in [0.29, 0.717) is 11.3 Å². The van der Waals surface area contributed by atoms with Crippen LogP contribution < -0.4 is 16.0 Å². The van der Waals surface area contributed by atoms with Crippen LogP contribution in [0.3, 0.4) is 0 Å². The zero-order valence-corrected chi connectivity index (χ0v) is 18.5. The van der Waals surface area contributed by atoms with Gasteiger partial charge in [0.2, 0.25) is 0 Å². The maximum atomic E-state index is 12.9. The van der Waals surface area contributed by atoms with Crippen LogP contribution in [-0.4, -0.2) is 25.2 Å². The summed E-state index contributed by atoms with van der Waals surface area (Å²) in [5, 5.41) is 11.1. The number of carbonyl (C=O) groups is 2. The summed E-state index contributed by atoms with van der Waals surface area (Å²) < 4.78 is 5.34. The van der Waals surface area contributed by atoms with E-state index in [1.807, 2.05) is 53.9 Å². The highest BCUT2D eigenvalue weighted by atomic mass is 32.1. The Bertz CT molecular complexity index is 1040. The fourth-order valence-electron chi connectivity index (χ4n) is 3.80. The molecule has 3 N–H and O–H groups in total. The predicted octanol–water partition coefficient (Wildman–Crippen LogP) is 4.30. The van der Waals surface area contributed by atoms with Gasteiger partial charge in [-0.05, 0) is 29.5 Å². The largest absolute Gasteiger partial charge is 0.463 e. The van der Waals surface area contributed by atoms with E-state index < -0.39 is 12.0 Å². The van der Waals surface area contributed by atoms with Gasteiger partial charge in [-0.2, -0.15) is 0 Å². The van der Waals surface area contributed by atoms with Crippen LogP contribution in [0.15, 0.2) is 89.4 Å². The van der Waals surface area contributed by atoms with Crippen molar-refractivity contribution in [1.29, 1.82) is 0 Å². The molecule has 0 spiro atoms. The summed E-state index contributed by atoms with van der Waals surface area (Å²) in [6.45, 7) is 2.31. The first-order valence-corrected chi connectivity index (χ1v) is 11.4. The van der Waals surface area contributed by atoms with Crippen molar-refractivity contribution in [3.63, 3.8) is 0 Å². The van der Waals surface area contributed by atoms with Gasteiger partial charge >= 0.3 is 12.0 Å². The van der Waals surface area contributed by atoms with Gasteiger partial charge in [0.1, 0.15) is 0 Å². The second-order valence-corrected chi connectivity index (χ2v) is 8.27. The van der Waals surface area contributed by atoms with Gasteiger partial charge in [0.25, 0.3) is 0 Å². The summed E-state index contributed by atoms with van der Waals surface area (Å²) in [6, 6.07) is 23.0. The number of hydrogen-bond donors (Lipinski definition) is 3. The topological polar surface area (TPSA) is 79.5 Å². The number of hydrogen-bond acceptors (Lipinski definition) is 5. The molecular weight excluding hydrogens is 422 g/mol. The van der Waals surface area contributed by atoms with Crippen LogP contribution in [0.4, 0.5) is 4.79 Å². The number of urea groups is 1. The SMILES string of the molecule is CCOC(=O)C1=C(CNC(c2ccccc2)c2ccccc2)NC(=O)N[C@H]1c1cccs1. The van der Waals surface area contributed by atoms with E-state index in [1.54, 1.807) is 6.92 Å². The van der Waals surface area contributed by atoms with Crippen molar-refractivity contribution in [2.45, 2.75) is 19.0 Å². The fourth-order valence-corrected chi connectivity index (χ4v) is 4.58. The Morgan fingerprint density at radius 1 is 1.03 bits per heavy atom.